The van der Waals surface area contributed by atoms with Gasteiger partial charge in [0.25, 0.3) is 0 Å². The highest BCUT2D eigenvalue weighted by Gasteiger charge is 2.11. The zero-order valence-electron chi connectivity index (χ0n) is 12.9. The van der Waals surface area contributed by atoms with Crippen molar-refractivity contribution in [2.45, 2.75) is 78.8 Å². The van der Waals surface area contributed by atoms with Crippen LogP contribution in [0.1, 0.15) is 66.7 Å². The molecule has 1 amide bonds. The minimum absolute atomic E-state index is 0.108. The van der Waals surface area contributed by atoms with E-state index in [4.69, 9.17) is 0 Å². The van der Waals surface area contributed by atoms with E-state index in [-0.39, 0.29) is 11.9 Å². The molecule has 0 saturated heterocycles. The zero-order chi connectivity index (χ0) is 14.0. The van der Waals surface area contributed by atoms with E-state index in [9.17, 15) is 4.79 Å². The van der Waals surface area contributed by atoms with Crippen molar-refractivity contribution in [1.82, 2.24) is 10.6 Å². The number of nitrogens with one attached hydrogen (secondary N) is 2. The molecule has 0 rings (SSSR count). The molecule has 2 atom stereocenters. The van der Waals surface area contributed by atoms with Gasteiger partial charge in [0.2, 0.25) is 5.91 Å². The maximum Gasteiger partial charge on any atom is 0.234 e. The Morgan fingerprint density at radius 1 is 1.06 bits per heavy atom. The Bertz CT molecular complexity index is 217. The first-order valence-corrected chi connectivity index (χ1v) is 7.50. The van der Waals surface area contributed by atoms with E-state index in [2.05, 4.69) is 45.3 Å². The third-order valence-electron chi connectivity index (χ3n) is 3.49. The summed E-state index contributed by atoms with van der Waals surface area (Å²) < 4.78 is 0. The molecule has 0 aromatic heterocycles. The second-order valence-electron chi connectivity index (χ2n) is 5.73. The van der Waals surface area contributed by atoms with E-state index in [1.165, 1.54) is 25.7 Å². The summed E-state index contributed by atoms with van der Waals surface area (Å²) in [6.07, 6.45) is 6.31. The number of hydrogen-bond acceptors (Lipinski definition) is 2. The van der Waals surface area contributed by atoms with Crippen LogP contribution in [0.2, 0.25) is 0 Å². The highest BCUT2D eigenvalue weighted by Crippen LogP contribution is 2.05. The number of rotatable bonds is 10. The summed E-state index contributed by atoms with van der Waals surface area (Å²) in [5.74, 6) is 0.594. The zero-order valence-corrected chi connectivity index (χ0v) is 12.9. The minimum atomic E-state index is 0.108. The minimum Gasteiger partial charge on any atom is -0.352 e. The van der Waals surface area contributed by atoms with Crippen molar-refractivity contribution in [3.63, 3.8) is 0 Å². The fourth-order valence-corrected chi connectivity index (χ4v) is 1.72. The molecule has 3 nitrogen and oxygen atoms in total. The molecule has 0 aliphatic rings. The van der Waals surface area contributed by atoms with Gasteiger partial charge in [0.15, 0.2) is 0 Å². The van der Waals surface area contributed by atoms with Crippen LogP contribution in [0.4, 0.5) is 0 Å². The summed E-state index contributed by atoms with van der Waals surface area (Å²) in [4.78, 5) is 11.7. The second kappa shape index (κ2) is 10.4. The van der Waals surface area contributed by atoms with Crippen molar-refractivity contribution in [3.05, 3.63) is 0 Å². The third kappa shape index (κ3) is 9.46. The van der Waals surface area contributed by atoms with E-state index in [0.717, 1.165) is 6.42 Å². The largest absolute Gasteiger partial charge is 0.352 e. The quantitative estimate of drug-likeness (QED) is 0.590. The molecule has 2 N–H and O–H groups in total. The predicted octanol–water partition coefficient (Wildman–Crippen LogP) is 3.10. The highest BCUT2D eigenvalue weighted by atomic mass is 16.1. The van der Waals surface area contributed by atoms with Crippen molar-refractivity contribution < 1.29 is 4.79 Å². The van der Waals surface area contributed by atoms with Crippen molar-refractivity contribution in [2.75, 3.05) is 6.54 Å². The second-order valence-corrected chi connectivity index (χ2v) is 5.73. The Balaban J connectivity index is 3.59. The average molecular weight is 256 g/mol. The lowest BCUT2D eigenvalue weighted by atomic mass is 10.1. The maximum atomic E-state index is 11.7. The molecular formula is C15H32N2O. The van der Waals surface area contributed by atoms with E-state index < -0.39 is 0 Å². The van der Waals surface area contributed by atoms with E-state index in [1.54, 1.807) is 0 Å². The molecule has 2 unspecified atom stereocenters. The molecule has 0 radical (unpaired) electrons. The van der Waals surface area contributed by atoms with Gasteiger partial charge in [-0.2, -0.15) is 0 Å². The van der Waals surface area contributed by atoms with Crippen molar-refractivity contribution in [2.24, 2.45) is 5.92 Å². The van der Waals surface area contributed by atoms with Gasteiger partial charge in [0.05, 0.1) is 6.54 Å². The van der Waals surface area contributed by atoms with Crippen LogP contribution in [-0.4, -0.2) is 24.5 Å². The average Bonchev–Trinajstić information content (AvgIpc) is 2.32. The third-order valence-corrected chi connectivity index (χ3v) is 3.49. The van der Waals surface area contributed by atoms with Crippen LogP contribution in [-0.2, 0) is 4.79 Å². The van der Waals surface area contributed by atoms with Gasteiger partial charge < -0.3 is 10.6 Å². The summed E-state index contributed by atoms with van der Waals surface area (Å²) in [5.41, 5.74) is 0. The number of carbonyl (C=O) groups is 1. The van der Waals surface area contributed by atoms with Crippen molar-refractivity contribution in [3.8, 4) is 0 Å². The number of unbranched alkanes of at least 4 members (excludes halogenated alkanes) is 3. The normalized spacial score (nSPS) is 14.6. The number of carbonyl (C=O) groups excluding carboxylic acids is 1. The Morgan fingerprint density at radius 3 is 2.28 bits per heavy atom. The highest BCUT2D eigenvalue weighted by molar-refractivity contribution is 5.78. The van der Waals surface area contributed by atoms with Gasteiger partial charge in [0, 0.05) is 12.1 Å². The first-order valence-electron chi connectivity index (χ1n) is 7.50. The van der Waals surface area contributed by atoms with Gasteiger partial charge in [0.1, 0.15) is 0 Å². The standard InChI is InChI=1S/C15H32N2O/c1-6-7-8-9-10-13(4)16-11-15(18)17-14(5)12(2)3/h12-14,16H,6-11H2,1-5H3,(H,17,18). The first kappa shape index (κ1) is 17.4. The monoisotopic (exact) mass is 256 g/mol. The van der Waals surface area contributed by atoms with Gasteiger partial charge in [-0.3, -0.25) is 4.79 Å². The molecule has 0 bridgehead atoms. The van der Waals surface area contributed by atoms with E-state index in [1.807, 2.05) is 0 Å². The molecular weight excluding hydrogens is 224 g/mol. The van der Waals surface area contributed by atoms with Crippen molar-refractivity contribution >= 4 is 5.91 Å². The molecule has 0 heterocycles. The van der Waals surface area contributed by atoms with Gasteiger partial charge in [-0.1, -0.05) is 46.5 Å². The smallest absolute Gasteiger partial charge is 0.234 e. The molecule has 0 aromatic rings. The van der Waals surface area contributed by atoms with Crippen LogP contribution < -0.4 is 10.6 Å². The summed E-state index contributed by atoms with van der Waals surface area (Å²) in [6.45, 7) is 11.1. The lowest BCUT2D eigenvalue weighted by molar-refractivity contribution is -0.121. The topological polar surface area (TPSA) is 41.1 Å². The van der Waals surface area contributed by atoms with Crippen LogP contribution in [0.3, 0.4) is 0 Å². The number of hydrogen-bond donors (Lipinski definition) is 2. The van der Waals surface area contributed by atoms with Crippen LogP contribution in [0.25, 0.3) is 0 Å². The fourth-order valence-electron chi connectivity index (χ4n) is 1.72. The molecule has 0 aliphatic carbocycles. The summed E-state index contributed by atoms with van der Waals surface area (Å²) in [7, 11) is 0. The van der Waals surface area contributed by atoms with E-state index in [0.29, 0.717) is 18.5 Å². The SMILES string of the molecule is CCCCCCC(C)NCC(=O)NC(C)C(C)C. The summed E-state index contributed by atoms with van der Waals surface area (Å²) in [6, 6.07) is 0.682. The lowest BCUT2D eigenvalue weighted by Crippen LogP contribution is -2.43. The Hall–Kier alpha value is -0.570. The molecule has 108 valence electrons. The van der Waals surface area contributed by atoms with Crippen LogP contribution in [0, 0.1) is 5.92 Å². The van der Waals surface area contributed by atoms with E-state index >= 15 is 0 Å². The van der Waals surface area contributed by atoms with Crippen LogP contribution in [0.5, 0.6) is 0 Å². The fraction of sp³-hybridized carbons (Fsp3) is 0.933. The molecule has 3 heteroatoms. The predicted molar refractivity (Wildman–Crippen MR) is 78.7 cm³/mol. The Labute approximate surface area is 113 Å². The van der Waals surface area contributed by atoms with Gasteiger partial charge >= 0.3 is 0 Å². The summed E-state index contributed by atoms with van der Waals surface area (Å²) >= 11 is 0. The lowest BCUT2D eigenvalue weighted by Gasteiger charge is -2.19. The Morgan fingerprint density at radius 2 is 1.72 bits per heavy atom. The maximum absolute atomic E-state index is 11.7. The van der Waals surface area contributed by atoms with Crippen LogP contribution >= 0.6 is 0 Å². The van der Waals surface area contributed by atoms with Gasteiger partial charge in [-0.15, -0.1) is 0 Å². The summed E-state index contributed by atoms with van der Waals surface area (Å²) in [5, 5.41) is 6.30. The molecule has 18 heavy (non-hydrogen) atoms. The molecule has 0 saturated carbocycles. The molecule has 0 aromatic carbocycles. The molecule has 0 aliphatic heterocycles. The van der Waals surface area contributed by atoms with Crippen molar-refractivity contribution in [1.29, 1.82) is 0 Å². The number of amides is 1. The van der Waals surface area contributed by atoms with Gasteiger partial charge in [-0.25, -0.2) is 0 Å². The molecule has 0 fully saturated rings. The van der Waals surface area contributed by atoms with Crippen LogP contribution in [0.15, 0.2) is 0 Å². The Kier molecular flexibility index (Phi) is 10.0. The van der Waals surface area contributed by atoms with Gasteiger partial charge in [-0.05, 0) is 26.2 Å². The molecule has 0 spiro atoms. The first-order chi connectivity index (χ1) is 8.47.